The molecule has 0 bridgehead atoms. The van der Waals surface area contributed by atoms with E-state index < -0.39 is 0 Å². The Morgan fingerprint density at radius 3 is 3.09 bits per heavy atom. The molecule has 56 valence electrons. The zero-order valence-electron chi connectivity index (χ0n) is 5.44. The van der Waals surface area contributed by atoms with Crippen molar-refractivity contribution in [3.05, 3.63) is 29.2 Å². The van der Waals surface area contributed by atoms with Gasteiger partial charge in [0.05, 0.1) is 5.52 Å². The Hall–Kier alpha value is -1.09. The van der Waals surface area contributed by atoms with Crippen LogP contribution in [0.5, 0.6) is 0 Å². The molecule has 0 amide bonds. The predicted octanol–water partition coefficient (Wildman–Crippen LogP) is 2.36. The van der Waals surface area contributed by atoms with Crippen LogP contribution in [0.3, 0.4) is 0 Å². The van der Waals surface area contributed by atoms with Gasteiger partial charge in [0.2, 0.25) is 0 Å². The molecule has 4 heteroatoms. The molecule has 0 spiro atoms. The quantitative estimate of drug-likeness (QED) is 0.646. The van der Waals surface area contributed by atoms with E-state index in [1.54, 1.807) is 6.07 Å². The summed E-state index contributed by atoms with van der Waals surface area (Å²) in [5, 5.41) is 7.52. The Morgan fingerprint density at radius 1 is 1.45 bits per heavy atom. The van der Waals surface area contributed by atoms with Gasteiger partial charge >= 0.3 is 0 Å². The molecule has 1 aromatic carbocycles. The summed E-state index contributed by atoms with van der Waals surface area (Å²) in [5.41, 5.74) is 0.551. The maximum Gasteiger partial charge on any atom is 0.132 e. The second-order valence-corrected chi connectivity index (χ2v) is 2.58. The average Bonchev–Trinajstić information content (AvgIpc) is 2.32. The van der Waals surface area contributed by atoms with Crippen molar-refractivity contribution in [3.63, 3.8) is 0 Å². The highest BCUT2D eigenvalue weighted by Crippen LogP contribution is 2.20. The van der Waals surface area contributed by atoms with Crippen LogP contribution < -0.4 is 0 Å². The zero-order valence-corrected chi connectivity index (χ0v) is 6.19. The number of hydrogen-bond acceptors (Lipinski definition) is 1. The van der Waals surface area contributed by atoms with Crippen LogP contribution in [0.1, 0.15) is 0 Å². The van der Waals surface area contributed by atoms with Gasteiger partial charge in [-0.2, -0.15) is 5.10 Å². The fraction of sp³-hybridized carbons (Fsp3) is 0. The molecule has 0 fully saturated rings. The Kier molecular flexibility index (Phi) is 1.32. The summed E-state index contributed by atoms with van der Waals surface area (Å²) in [4.78, 5) is 0. The lowest BCUT2D eigenvalue weighted by Crippen LogP contribution is -1.72. The first-order chi connectivity index (χ1) is 5.27. The van der Waals surface area contributed by atoms with E-state index in [0.717, 1.165) is 5.39 Å². The summed E-state index contributed by atoms with van der Waals surface area (Å²) < 4.78 is 12.5. The van der Waals surface area contributed by atoms with E-state index in [0.29, 0.717) is 10.7 Å². The van der Waals surface area contributed by atoms with Crippen molar-refractivity contribution in [1.29, 1.82) is 0 Å². The molecule has 1 N–H and O–H groups in total. The number of halogens is 2. The molecule has 2 nitrogen and oxygen atoms in total. The Morgan fingerprint density at radius 2 is 2.27 bits per heavy atom. The smallest absolute Gasteiger partial charge is 0.132 e. The largest absolute Gasteiger partial charge is 0.266 e. The second kappa shape index (κ2) is 2.20. The number of H-pyrrole nitrogens is 1. The zero-order chi connectivity index (χ0) is 7.84. The third-order valence-corrected chi connectivity index (χ3v) is 1.76. The van der Waals surface area contributed by atoms with E-state index in [4.69, 9.17) is 11.6 Å². The van der Waals surface area contributed by atoms with E-state index in [2.05, 4.69) is 10.2 Å². The van der Waals surface area contributed by atoms with Crippen LogP contribution in [-0.2, 0) is 0 Å². The Bertz CT molecular complexity index is 396. The lowest BCUT2D eigenvalue weighted by Gasteiger charge is -1.86. The van der Waals surface area contributed by atoms with Gasteiger partial charge in [-0.05, 0) is 12.1 Å². The molecule has 11 heavy (non-hydrogen) atoms. The molecule has 0 aliphatic carbocycles. The molecule has 0 atom stereocenters. The van der Waals surface area contributed by atoms with Gasteiger partial charge in [-0.3, -0.25) is 5.10 Å². The van der Waals surface area contributed by atoms with Crippen LogP contribution in [0.2, 0.25) is 5.15 Å². The molecule has 0 saturated carbocycles. The van der Waals surface area contributed by atoms with Crippen LogP contribution in [-0.4, -0.2) is 10.2 Å². The average molecular weight is 171 g/mol. The van der Waals surface area contributed by atoms with E-state index >= 15 is 0 Å². The summed E-state index contributed by atoms with van der Waals surface area (Å²) in [6, 6.07) is 4.28. The predicted molar refractivity (Wildman–Crippen MR) is 41.1 cm³/mol. The number of benzene rings is 1. The second-order valence-electron chi connectivity index (χ2n) is 2.20. The molecular weight excluding hydrogens is 167 g/mol. The number of nitrogens with one attached hydrogen (secondary N) is 1. The van der Waals surface area contributed by atoms with Gasteiger partial charge in [-0.25, -0.2) is 4.39 Å². The SMILES string of the molecule is Fc1ccc2c(Cl)[nH]nc2c1. The minimum absolute atomic E-state index is 0.305. The molecule has 0 aliphatic rings. The van der Waals surface area contributed by atoms with Crippen LogP contribution in [0, 0.1) is 5.82 Å². The minimum Gasteiger partial charge on any atom is -0.266 e. The summed E-state index contributed by atoms with van der Waals surface area (Å²) in [5.74, 6) is -0.305. The molecule has 1 aromatic heterocycles. The summed E-state index contributed by atoms with van der Waals surface area (Å²) in [7, 11) is 0. The van der Waals surface area contributed by atoms with Crippen molar-refractivity contribution in [2.45, 2.75) is 0 Å². The van der Waals surface area contributed by atoms with Crippen LogP contribution in [0.4, 0.5) is 4.39 Å². The number of nitrogens with zero attached hydrogens (tertiary/aromatic N) is 1. The van der Waals surface area contributed by atoms with Gasteiger partial charge in [0.1, 0.15) is 11.0 Å². The van der Waals surface area contributed by atoms with Gasteiger partial charge in [-0.15, -0.1) is 0 Å². The fourth-order valence-electron chi connectivity index (χ4n) is 0.952. The number of aromatic nitrogens is 2. The maximum absolute atomic E-state index is 12.5. The molecule has 0 saturated heterocycles. The monoisotopic (exact) mass is 170 g/mol. The van der Waals surface area contributed by atoms with Crippen molar-refractivity contribution in [2.24, 2.45) is 0 Å². The van der Waals surface area contributed by atoms with Gasteiger partial charge in [0.25, 0.3) is 0 Å². The van der Waals surface area contributed by atoms with Crippen molar-refractivity contribution in [2.75, 3.05) is 0 Å². The van der Waals surface area contributed by atoms with Crippen molar-refractivity contribution in [1.82, 2.24) is 10.2 Å². The van der Waals surface area contributed by atoms with E-state index in [1.807, 2.05) is 0 Å². The topological polar surface area (TPSA) is 28.7 Å². The fourth-order valence-corrected chi connectivity index (χ4v) is 1.15. The first-order valence-electron chi connectivity index (χ1n) is 3.06. The molecule has 2 aromatic rings. The third kappa shape index (κ3) is 0.973. The minimum atomic E-state index is -0.305. The van der Waals surface area contributed by atoms with Crippen LogP contribution >= 0.6 is 11.6 Å². The molecule has 1 heterocycles. The first kappa shape index (κ1) is 6.61. The molecule has 0 unspecified atom stereocenters. The van der Waals surface area contributed by atoms with Crippen LogP contribution in [0.25, 0.3) is 10.9 Å². The lowest BCUT2D eigenvalue weighted by molar-refractivity contribution is 0.629. The van der Waals surface area contributed by atoms with Gasteiger partial charge in [-0.1, -0.05) is 11.6 Å². The van der Waals surface area contributed by atoms with Crippen molar-refractivity contribution >= 4 is 22.5 Å². The lowest BCUT2D eigenvalue weighted by atomic mass is 10.2. The molecule has 0 aliphatic heterocycles. The van der Waals surface area contributed by atoms with Gasteiger partial charge in [0.15, 0.2) is 0 Å². The van der Waals surface area contributed by atoms with Crippen molar-refractivity contribution < 1.29 is 4.39 Å². The first-order valence-corrected chi connectivity index (χ1v) is 3.44. The number of hydrogen-bond donors (Lipinski definition) is 1. The molecule has 0 radical (unpaired) electrons. The normalized spacial score (nSPS) is 10.7. The van der Waals surface area contributed by atoms with Gasteiger partial charge < -0.3 is 0 Å². The summed E-state index contributed by atoms with van der Waals surface area (Å²) >= 11 is 5.68. The number of aromatic amines is 1. The van der Waals surface area contributed by atoms with Crippen LogP contribution in [0.15, 0.2) is 18.2 Å². The van der Waals surface area contributed by atoms with E-state index in [9.17, 15) is 4.39 Å². The highest BCUT2D eigenvalue weighted by molar-refractivity contribution is 6.34. The van der Waals surface area contributed by atoms with E-state index in [1.165, 1.54) is 12.1 Å². The van der Waals surface area contributed by atoms with Gasteiger partial charge in [0, 0.05) is 11.5 Å². The highest BCUT2D eigenvalue weighted by Gasteiger charge is 2.02. The number of rotatable bonds is 0. The maximum atomic E-state index is 12.5. The summed E-state index contributed by atoms with van der Waals surface area (Å²) in [6.45, 7) is 0. The number of fused-ring (bicyclic) bond motifs is 1. The third-order valence-electron chi connectivity index (χ3n) is 1.47. The van der Waals surface area contributed by atoms with Crippen molar-refractivity contribution in [3.8, 4) is 0 Å². The summed E-state index contributed by atoms with van der Waals surface area (Å²) in [6.07, 6.45) is 0. The standard InChI is InChI=1S/C7H4ClFN2/c8-7-5-2-1-4(9)3-6(5)10-11-7/h1-3H,(H,10,11). The highest BCUT2D eigenvalue weighted by atomic mass is 35.5. The Labute approximate surface area is 67.0 Å². The molecule has 2 rings (SSSR count). The van der Waals surface area contributed by atoms with E-state index in [-0.39, 0.29) is 5.82 Å². The molecular formula is C7H4ClFN2. The Balaban J connectivity index is 2.86.